The van der Waals surface area contributed by atoms with Crippen molar-refractivity contribution in [3.05, 3.63) is 29.8 Å². The first-order valence-corrected chi connectivity index (χ1v) is 6.39. The van der Waals surface area contributed by atoms with Crippen LogP contribution in [-0.2, 0) is 6.54 Å². The number of nitrogen functional groups attached to an aromatic ring is 1. The van der Waals surface area contributed by atoms with Crippen LogP contribution in [0.1, 0.15) is 18.4 Å². The molecule has 1 saturated heterocycles. The number of piperidine rings is 1. The summed E-state index contributed by atoms with van der Waals surface area (Å²) in [6, 6.07) is 8.87. The maximum atomic E-state index is 5.99. The van der Waals surface area contributed by atoms with Crippen LogP contribution in [0.5, 0.6) is 0 Å². The molecule has 0 bridgehead atoms. The zero-order valence-electron chi connectivity index (χ0n) is 10.9. The molecular formula is C14H23N3. The lowest BCUT2D eigenvalue weighted by molar-refractivity contribution is 0.139. The molecule has 1 aromatic carbocycles. The lowest BCUT2D eigenvalue weighted by Gasteiger charge is -2.35. The molecule has 0 saturated carbocycles. The van der Waals surface area contributed by atoms with Crippen molar-refractivity contribution in [3.63, 3.8) is 0 Å². The lowest BCUT2D eigenvalue weighted by Crippen LogP contribution is -2.41. The first kappa shape index (κ1) is 12.4. The number of benzene rings is 1. The van der Waals surface area contributed by atoms with Crippen molar-refractivity contribution >= 4 is 5.69 Å². The van der Waals surface area contributed by atoms with Crippen LogP contribution < -0.4 is 5.73 Å². The van der Waals surface area contributed by atoms with Gasteiger partial charge in [-0.05, 0) is 51.7 Å². The van der Waals surface area contributed by atoms with Crippen molar-refractivity contribution in [2.24, 2.45) is 0 Å². The summed E-state index contributed by atoms with van der Waals surface area (Å²) < 4.78 is 0. The molecule has 0 aromatic heterocycles. The summed E-state index contributed by atoms with van der Waals surface area (Å²) in [5, 5.41) is 0. The molecule has 1 heterocycles. The minimum atomic E-state index is 0.700. The third kappa shape index (κ3) is 3.20. The first-order valence-electron chi connectivity index (χ1n) is 6.39. The fraction of sp³-hybridized carbons (Fsp3) is 0.571. The van der Waals surface area contributed by atoms with E-state index in [9.17, 15) is 0 Å². The van der Waals surface area contributed by atoms with Crippen molar-refractivity contribution in [2.75, 3.05) is 32.9 Å². The van der Waals surface area contributed by atoms with E-state index in [1.807, 2.05) is 12.1 Å². The molecule has 0 radical (unpaired) electrons. The molecule has 3 nitrogen and oxygen atoms in total. The second-order valence-corrected chi connectivity index (χ2v) is 5.15. The first-order chi connectivity index (χ1) is 8.16. The molecule has 0 amide bonds. The number of likely N-dealkylation sites (tertiary alicyclic amines) is 1. The molecule has 0 atom stereocenters. The maximum absolute atomic E-state index is 5.99. The van der Waals surface area contributed by atoms with Crippen LogP contribution >= 0.6 is 0 Å². The third-order valence-electron chi connectivity index (χ3n) is 3.79. The highest BCUT2D eigenvalue weighted by atomic mass is 15.2. The Kier molecular flexibility index (Phi) is 4.02. The number of hydrogen-bond donors (Lipinski definition) is 1. The predicted molar refractivity (Wildman–Crippen MR) is 72.8 cm³/mol. The fourth-order valence-electron chi connectivity index (χ4n) is 2.51. The summed E-state index contributed by atoms with van der Waals surface area (Å²) in [6.45, 7) is 3.37. The average molecular weight is 233 g/mol. The number of nitrogens with two attached hydrogens (primary N) is 1. The Morgan fingerprint density at radius 1 is 1.29 bits per heavy atom. The number of para-hydroxylation sites is 1. The van der Waals surface area contributed by atoms with E-state index < -0.39 is 0 Å². The van der Waals surface area contributed by atoms with Crippen molar-refractivity contribution in [1.82, 2.24) is 9.80 Å². The van der Waals surface area contributed by atoms with Crippen LogP contribution in [0.15, 0.2) is 24.3 Å². The average Bonchev–Trinajstić information content (AvgIpc) is 2.33. The summed E-state index contributed by atoms with van der Waals surface area (Å²) in [7, 11) is 4.41. The number of rotatable bonds is 3. The molecule has 1 fully saturated rings. The van der Waals surface area contributed by atoms with Crippen molar-refractivity contribution in [3.8, 4) is 0 Å². The van der Waals surface area contributed by atoms with E-state index in [2.05, 4.69) is 36.0 Å². The van der Waals surface area contributed by atoms with Crippen LogP contribution in [0, 0.1) is 0 Å². The Hall–Kier alpha value is -1.06. The largest absolute Gasteiger partial charge is 0.398 e. The highest BCUT2D eigenvalue weighted by molar-refractivity contribution is 5.46. The van der Waals surface area contributed by atoms with Crippen molar-refractivity contribution in [1.29, 1.82) is 0 Å². The van der Waals surface area contributed by atoms with E-state index in [1.54, 1.807) is 0 Å². The van der Waals surface area contributed by atoms with Gasteiger partial charge < -0.3 is 10.6 Å². The Morgan fingerprint density at radius 3 is 2.59 bits per heavy atom. The van der Waals surface area contributed by atoms with Gasteiger partial charge in [0.25, 0.3) is 0 Å². The molecule has 0 unspecified atom stereocenters. The summed E-state index contributed by atoms with van der Waals surface area (Å²) >= 11 is 0. The zero-order chi connectivity index (χ0) is 12.3. The van der Waals surface area contributed by atoms with E-state index in [-0.39, 0.29) is 0 Å². The highest BCUT2D eigenvalue weighted by Crippen LogP contribution is 2.19. The number of anilines is 1. The van der Waals surface area contributed by atoms with Crippen LogP contribution in [0.2, 0.25) is 0 Å². The smallest absolute Gasteiger partial charge is 0.0359 e. The van der Waals surface area contributed by atoms with E-state index in [0.29, 0.717) is 6.04 Å². The SMILES string of the molecule is CN1CCC(N(C)Cc2ccccc2N)CC1. The van der Waals surface area contributed by atoms with Gasteiger partial charge in [0.05, 0.1) is 0 Å². The lowest BCUT2D eigenvalue weighted by atomic mass is 10.0. The van der Waals surface area contributed by atoms with E-state index in [1.165, 1.54) is 31.5 Å². The van der Waals surface area contributed by atoms with Gasteiger partial charge in [0.15, 0.2) is 0 Å². The van der Waals surface area contributed by atoms with Crippen molar-refractivity contribution < 1.29 is 0 Å². The normalized spacial score (nSPS) is 18.8. The summed E-state index contributed by atoms with van der Waals surface area (Å²) in [4.78, 5) is 4.85. The quantitative estimate of drug-likeness (QED) is 0.808. The Morgan fingerprint density at radius 2 is 1.94 bits per heavy atom. The molecule has 1 aromatic rings. The van der Waals surface area contributed by atoms with Gasteiger partial charge in [-0.25, -0.2) is 0 Å². The third-order valence-corrected chi connectivity index (χ3v) is 3.79. The highest BCUT2D eigenvalue weighted by Gasteiger charge is 2.20. The summed E-state index contributed by atoms with van der Waals surface area (Å²) in [5.74, 6) is 0. The predicted octanol–water partition coefficient (Wildman–Crippen LogP) is 1.79. The van der Waals surface area contributed by atoms with Crippen LogP contribution in [0.25, 0.3) is 0 Å². The maximum Gasteiger partial charge on any atom is 0.0359 e. The minimum absolute atomic E-state index is 0.700. The van der Waals surface area contributed by atoms with Gasteiger partial charge in [0, 0.05) is 18.3 Å². The molecule has 1 aliphatic heterocycles. The Balaban J connectivity index is 1.93. The zero-order valence-corrected chi connectivity index (χ0v) is 10.9. The summed E-state index contributed by atoms with van der Waals surface area (Å²) in [6.07, 6.45) is 2.53. The number of hydrogen-bond acceptors (Lipinski definition) is 3. The molecule has 3 heteroatoms. The molecule has 2 rings (SSSR count). The molecule has 0 spiro atoms. The second kappa shape index (κ2) is 5.52. The van der Waals surface area contributed by atoms with Gasteiger partial charge in [0.2, 0.25) is 0 Å². The van der Waals surface area contributed by atoms with Crippen LogP contribution in [0.3, 0.4) is 0 Å². The van der Waals surface area contributed by atoms with Gasteiger partial charge in [-0.15, -0.1) is 0 Å². The van der Waals surface area contributed by atoms with Gasteiger partial charge >= 0.3 is 0 Å². The fourth-order valence-corrected chi connectivity index (χ4v) is 2.51. The summed E-state index contributed by atoms with van der Waals surface area (Å²) in [5.41, 5.74) is 8.14. The number of nitrogens with zero attached hydrogens (tertiary/aromatic N) is 2. The molecular weight excluding hydrogens is 210 g/mol. The molecule has 2 N–H and O–H groups in total. The molecule has 94 valence electrons. The molecule has 1 aliphatic rings. The topological polar surface area (TPSA) is 32.5 Å². The van der Waals surface area contributed by atoms with E-state index >= 15 is 0 Å². The molecule has 0 aliphatic carbocycles. The molecule has 17 heavy (non-hydrogen) atoms. The minimum Gasteiger partial charge on any atom is -0.398 e. The second-order valence-electron chi connectivity index (χ2n) is 5.15. The Bertz CT molecular complexity index is 356. The van der Waals surface area contributed by atoms with E-state index in [4.69, 9.17) is 5.73 Å². The van der Waals surface area contributed by atoms with Crippen LogP contribution in [-0.4, -0.2) is 43.0 Å². The van der Waals surface area contributed by atoms with Gasteiger partial charge in [-0.1, -0.05) is 18.2 Å². The van der Waals surface area contributed by atoms with Gasteiger partial charge in [-0.3, -0.25) is 4.90 Å². The Labute approximate surface area is 104 Å². The van der Waals surface area contributed by atoms with Gasteiger partial charge in [-0.2, -0.15) is 0 Å². The van der Waals surface area contributed by atoms with Gasteiger partial charge in [0.1, 0.15) is 0 Å². The van der Waals surface area contributed by atoms with E-state index in [0.717, 1.165) is 12.2 Å². The monoisotopic (exact) mass is 233 g/mol. The van der Waals surface area contributed by atoms with Crippen molar-refractivity contribution in [2.45, 2.75) is 25.4 Å². The van der Waals surface area contributed by atoms with Crippen LogP contribution in [0.4, 0.5) is 5.69 Å². The standard InChI is InChI=1S/C14H23N3/c1-16-9-7-13(8-10-16)17(2)11-12-5-3-4-6-14(12)15/h3-6,13H,7-11,15H2,1-2H3.